The Morgan fingerprint density at radius 3 is 2.57 bits per heavy atom. The molecule has 0 bridgehead atoms. The van der Waals surface area contributed by atoms with Crippen molar-refractivity contribution in [3.05, 3.63) is 59.7 Å². The van der Waals surface area contributed by atoms with Crippen LogP contribution >= 0.6 is 0 Å². The molecule has 2 aromatic carbocycles. The Balaban J connectivity index is 1.96. The summed E-state index contributed by atoms with van der Waals surface area (Å²) in [7, 11) is 0. The second kappa shape index (κ2) is 5.90. The summed E-state index contributed by atoms with van der Waals surface area (Å²) in [4.78, 5) is 2.46. The number of aryl methyl sites for hydroxylation is 1. The Kier molecular flexibility index (Phi) is 3.98. The van der Waals surface area contributed by atoms with Crippen molar-refractivity contribution in [2.24, 2.45) is 5.73 Å². The maximum absolute atomic E-state index is 6.11. The van der Waals surface area contributed by atoms with E-state index >= 15 is 0 Å². The number of rotatable bonds is 3. The highest BCUT2D eigenvalue weighted by Crippen LogP contribution is 2.36. The Morgan fingerprint density at radius 2 is 1.86 bits per heavy atom. The van der Waals surface area contributed by atoms with Gasteiger partial charge in [0.25, 0.3) is 0 Å². The largest absolute Gasteiger partial charge is 0.338 e. The maximum Gasteiger partial charge on any atom is 0.0445 e. The minimum absolute atomic E-state index is 0.144. The second-order valence-corrected chi connectivity index (χ2v) is 5.99. The fraction of sp³-hybridized carbons (Fsp3) is 0.368. The molecule has 2 atom stereocenters. The molecule has 1 unspecified atom stereocenters. The van der Waals surface area contributed by atoms with Gasteiger partial charge in [-0.15, -0.1) is 0 Å². The molecular formula is C19H24N2. The van der Waals surface area contributed by atoms with Gasteiger partial charge in [-0.05, 0) is 55.5 Å². The summed E-state index contributed by atoms with van der Waals surface area (Å²) in [6.07, 6.45) is 3.35. The number of hydrogen-bond acceptors (Lipinski definition) is 2. The van der Waals surface area contributed by atoms with E-state index < -0.39 is 0 Å². The molecule has 0 aromatic heterocycles. The van der Waals surface area contributed by atoms with Crippen molar-refractivity contribution in [1.29, 1.82) is 0 Å². The van der Waals surface area contributed by atoms with Crippen LogP contribution in [0.1, 0.15) is 43.9 Å². The van der Waals surface area contributed by atoms with E-state index in [1.807, 2.05) is 0 Å². The number of para-hydroxylation sites is 1. The van der Waals surface area contributed by atoms with Crippen LogP contribution in [0.15, 0.2) is 48.5 Å². The van der Waals surface area contributed by atoms with Gasteiger partial charge >= 0.3 is 0 Å². The van der Waals surface area contributed by atoms with Gasteiger partial charge in [-0.3, -0.25) is 0 Å². The van der Waals surface area contributed by atoms with Crippen molar-refractivity contribution in [3.63, 3.8) is 0 Å². The van der Waals surface area contributed by atoms with E-state index in [0.29, 0.717) is 6.04 Å². The first-order valence-electron chi connectivity index (χ1n) is 7.93. The van der Waals surface area contributed by atoms with E-state index in [9.17, 15) is 0 Å². The summed E-state index contributed by atoms with van der Waals surface area (Å²) in [5.74, 6) is 0. The number of fused-ring (bicyclic) bond motifs is 1. The van der Waals surface area contributed by atoms with Crippen LogP contribution in [0.25, 0.3) is 0 Å². The minimum atomic E-state index is 0.144. The predicted molar refractivity (Wildman–Crippen MR) is 90.0 cm³/mol. The minimum Gasteiger partial charge on any atom is -0.338 e. The van der Waals surface area contributed by atoms with E-state index in [0.717, 1.165) is 6.42 Å². The van der Waals surface area contributed by atoms with Crippen molar-refractivity contribution in [1.82, 2.24) is 0 Å². The van der Waals surface area contributed by atoms with Crippen LogP contribution in [-0.4, -0.2) is 6.04 Å². The molecule has 1 heterocycles. The SMILES string of the molecule is CC[C@H](N)c1ccc(N2c3ccccc3CCC2C)cc1. The summed E-state index contributed by atoms with van der Waals surface area (Å²) in [5.41, 5.74) is 11.4. The number of hydrogen-bond donors (Lipinski definition) is 1. The Bertz CT molecular complexity index is 603. The van der Waals surface area contributed by atoms with Crippen LogP contribution < -0.4 is 10.6 Å². The predicted octanol–water partition coefficient (Wildman–Crippen LogP) is 4.57. The third-order valence-electron chi connectivity index (χ3n) is 4.56. The topological polar surface area (TPSA) is 29.3 Å². The third kappa shape index (κ3) is 2.68. The number of benzene rings is 2. The lowest BCUT2D eigenvalue weighted by Gasteiger charge is -2.37. The zero-order valence-corrected chi connectivity index (χ0v) is 12.9. The standard InChI is InChI=1S/C19H24N2/c1-3-18(20)15-10-12-17(13-11-15)21-14(2)8-9-16-6-4-5-7-19(16)21/h4-7,10-14,18H,3,8-9,20H2,1-2H3/t14?,18-/m0/s1. The van der Waals surface area contributed by atoms with Crippen LogP contribution in [0.4, 0.5) is 11.4 Å². The number of anilines is 2. The maximum atomic E-state index is 6.11. The Morgan fingerprint density at radius 1 is 1.14 bits per heavy atom. The molecule has 0 saturated carbocycles. The van der Waals surface area contributed by atoms with Gasteiger partial charge in [-0.2, -0.15) is 0 Å². The van der Waals surface area contributed by atoms with Crippen molar-refractivity contribution in [3.8, 4) is 0 Å². The molecular weight excluding hydrogens is 256 g/mol. The van der Waals surface area contributed by atoms with E-state index in [2.05, 4.69) is 67.3 Å². The molecule has 0 aliphatic carbocycles. The molecule has 1 aliphatic heterocycles. The van der Waals surface area contributed by atoms with Gasteiger partial charge in [0.05, 0.1) is 0 Å². The summed E-state index contributed by atoms with van der Waals surface area (Å²) in [5, 5.41) is 0. The quantitative estimate of drug-likeness (QED) is 0.892. The van der Waals surface area contributed by atoms with E-state index in [1.165, 1.54) is 35.3 Å². The fourth-order valence-electron chi connectivity index (χ4n) is 3.20. The molecule has 21 heavy (non-hydrogen) atoms. The van der Waals surface area contributed by atoms with Gasteiger partial charge in [0.15, 0.2) is 0 Å². The molecule has 0 amide bonds. The van der Waals surface area contributed by atoms with Crippen LogP contribution in [0.3, 0.4) is 0 Å². The summed E-state index contributed by atoms with van der Waals surface area (Å²) in [6, 6.07) is 18.2. The molecule has 0 radical (unpaired) electrons. The lowest BCUT2D eigenvalue weighted by atomic mass is 9.95. The van der Waals surface area contributed by atoms with Crippen LogP contribution in [0.2, 0.25) is 0 Å². The first kappa shape index (κ1) is 14.2. The first-order valence-corrected chi connectivity index (χ1v) is 7.93. The zero-order valence-electron chi connectivity index (χ0n) is 12.9. The highest BCUT2D eigenvalue weighted by molar-refractivity contribution is 5.68. The van der Waals surface area contributed by atoms with Crippen molar-refractivity contribution in [2.75, 3.05) is 4.90 Å². The van der Waals surface area contributed by atoms with Crippen LogP contribution in [0.5, 0.6) is 0 Å². The smallest absolute Gasteiger partial charge is 0.0445 e. The Labute approximate surface area is 127 Å². The second-order valence-electron chi connectivity index (χ2n) is 5.99. The third-order valence-corrected chi connectivity index (χ3v) is 4.56. The van der Waals surface area contributed by atoms with Crippen molar-refractivity contribution < 1.29 is 0 Å². The molecule has 0 spiro atoms. The van der Waals surface area contributed by atoms with Gasteiger partial charge in [-0.1, -0.05) is 37.3 Å². The molecule has 0 fully saturated rings. The van der Waals surface area contributed by atoms with Crippen LogP contribution in [0, 0.1) is 0 Å². The van der Waals surface area contributed by atoms with Crippen molar-refractivity contribution >= 4 is 11.4 Å². The molecule has 3 rings (SSSR count). The van der Waals surface area contributed by atoms with Gasteiger partial charge in [0.2, 0.25) is 0 Å². The highest BCUT2D eigenvalue weighted by atomic mass is 15.2. The monoisotopic (exact) mass is 280 g/mol. The van der Waals surface area contributed by atoms with Crippen molar-refractivity contribution in [2.45, 2.75) is 45.2 Å². The molecule has 1 aliphatic rings. The molecule has 2 nitrogen and oxygen atoms in total. The van der Waals surface area contributed by atoms with Gasteiger partial charge < -0.3 is 10.6 Å². The van der Waals surface area contributed by atoms with Crippen LogP contribution in [-0.2, 0) is 6.42 Å². The van der Waals surface area contributed by atoms with Gasteiger partial charge in [0, 0.05) is 23.5 Å². The van der Waals surface area contributed by atoms with E-state index in [1.54, 1.807) is 0 Å². The van der Waals surface area contributed by atoms with E-state index in [4.69, 9.17) is 5.73 Å². The first-order chi connectivity index (χ1) is 10.2. The molecule has 0 saturated heterocycles. The summed E-state index contributed by atoms with van der Waals surface area (Å²) in [6.45, 7) is 4.43. The summed E-state index contributed by atoms with van der Waals surface area (Å²) < 4.78 is 0. The average Bonchev–Trinajstić information content (AvgIpc) is 2.54. The molecule has 110 valence electrons. The number of nitrogens with two attached hydrogens (primary N) is 1. The van der Waals surface area contributed by atoms with Gasteiger partial charge in [0.1, 0.15) is 0 Å². The lowest BCUT2D eigenvalue weighted by molar-refractivity contribution is 0.618. The average molecular weight is 280 g/mol. The lowest BCUT2D eigenvalue weighted by Crippen LogP contribution is -2.33. The molecule has 2 aromatic rings. The molecule has 2 heteroatoms. The normalized spacial score (nSPS) is 19.2. The Hall–Kier alpha value is -1.80. The molecule has 2 N–H and O–H groups in total. The summed E-state index contributed by atoms with van der Waals surface area (Å²) >= 11 is 0. The number of nitrogens with zero attached hydrogens (tertiary/aromatic N) is 1. The van der Waals surface area contributed by atoms with Gasteiger partial charge in [-0.25, -0.2) is 0 Å². The fourth-order valence-corrected chi connectivity index (χ4v) is 3.20. The zero-order chi connectivity index (χ0) is 14.8. The van der Waals surface area contributed by atoms with E-state index in [-0.39, 0.29) is 6.04 Å². The highest BCUT2D eigenvalue weighted by Gasteiger charge is 2.23.